The summed E-state index contributed by atoms with van der Waals surface area (Å²) in [5.41, 5.74) is 5.65. The van der Waals surface area contributed by atoms with E-state index in [1.807, 2.05) is 0 Å². The minimum Gasteiger partial charge on any atom is -0.312 e. The van der Waals surface area contributed by atoms with Crippen LogP contribution in [0.4, 0.5) is 0 Å². The third-order valence-corrected chi connectivity index (χ3v) is 4.79. The third kappa shape index (κ3) is 4.22. The lowest BCUT2D eigenvalue weighted by atomic mass is 9.89. The van der Waals surface area contributed by atoms with Crippen LogP contribution in [0.25, 0.3) is 0 Å². The lowest BCUT2D eigenvalue weighted by Crippen LogP contribution is -2.26. The van der Waals surface area contributed by atoms with Gasteiger partial charge in [0.15, 0.2) is 0 Å². The fourth-order valence-corrected chi connectivity index (χ4v) is 3.47. The maximum atomic E-state index is 6.15. The molecule has 0 aliphatic heterocycles. The summed E-state index contributed by atoms with van der Waals surface area (Å²) in [5, 5.41) is 4.07. The van der Waals surface area contributed by atoms with Gasteiger partial charge in [0.2, 0.25) is 0 Å². The molecule has 1 N–H and O–H groups in total. The monoisotopic (exact) mass is 279 g/mol. The number of halogens is 1. The molecular formula is C17H26ClN. The van der Waals surface area contributed by atoms with Crippen molar-refractivity contribution in [3.8, 4) is 0 Å². The van der Waals surface area contributed by atoms with Crippen molar-refractivity contribution in [2.24, 2.45) is 5.92 Å². The summed E-state index contributed by atoms with van der Waals surface area (Å²) in [6.07, 6.45) is 4.95. The molecule has 1 aromatic rings. The Balaban J connectivity index is 1.83. The van der Waals surface area contributed by atoms with E-state index in [1.165, 1.54) is 47.9 Å². The molecule has 1 saturated carbocycles. The molecule has 0 aromatic heterocycles. The van der Waals surface area contributed by atoms with Gasteiger partial charge in [-0.1, -0.05) is 17.7 Å². The molecule has 1 aliphatic rings. The Morgan fingerprint density at radius 3 is 2.21 bits per heavy atom. The van der Waals surface area contributed by atoms with E-state index in [9.17, 15) is 0 Å². The first-order valence-corrected chi connectivity index (χ1v) is 7.91. The highest BCUT2D eigenvalue weighted by atomic mass is 35.5. The SMILES string of the molecule is Cc1cc(C)c(CNCC2CCC(Cl)CC2)c(C)c1. The van der Waals surface area contributed by atoms with Gasteiger partial charge in [0.05, 0.1) is 0 Å². The Kier molecular flexibility index (Phi) is 5.29. The molecule has 0 saturated heterocycles. The van der Waals surface area contributed by atoms with E-state index in [1.54, 1.807) is 0 Å². The van der Waals surface area contributed by atoms with Crippen LogP contribution < -0.4 is 5.32 Å². The van der Waals surface area contributed by atoms with Crippen LogP contribution in [0.5, 0.6) is 0 Å². The minimum atomic E-state index is 0.429. The lowest BCUT2D eigenvalue weighted by Gasteiger charge is -2.25. The van der Waals surface area contributed by atoms with Gasteiger partial charge >= 0.3 is 0 Å². The predicted octanol–water partition coefficient (Wildman–Crippen LogP) is 4.50. The predicted molar refractivity (Wildman–Crippen MR) is 84.0 cm³/mol. The number of aryl methyl sites for hydroxylation is 3. The van der Waals surface area contributed by atoms with Gasteiger partial charge in [0, 0.05) is 11.9 Å². The minimum absolute atomic E-state index is 0.429. The zero-order valence-corrected chi connectivity index (χ0v) is 13.2. The van der Waals surface area contributed by atoms with E-state index in [4.69, 9.17) is 11.6 Å². The van der Waals surface area contributed by atoms with Crippen molar-refractivity contribution in [2.45, 2.75) is 58.4 Å². The first kappa shape index (κ1) is 14.9. The van der Waals surface area contributed by atoms with E-state index >= 15 is 0 Å². The zero-order valence-electron chi connectivity index (χ0n) is 12.4. The number of hydrogen-bond donors (Lipinski definition) is 1. The molecule has 19 heavy (non-hydrogen) atoms. The maximum Gasteiger partial charge on any atom is 0.0336 e. The molecule has 0 radical (unpaired) electrons. The zero-order chi connectivity index (χ0) is 13.8. The molecule has 106 valence electrons. The van der Waals surface area contributed by atoms with Gasteiger partial charge in [0.1, 0.15) is 0 Å². The fraction of sp³-hybridized carbons (Fsp3) is 0.647. The van der Waals surface area contributed by atoms with Gasteiger partial charge in [0.25, 0.3) is 0 Å². The largest absolute Gasteiger partial charge is 0.312 e. The molecule has 2 rings (SSSR count). The van der Waals surface area contributed by atoms with Crippen LogP contribution in [0.3, 0.4) is 0 Å². The Hall–Kier alpha value is -0.530. The highest BCUT2D eigenvalue weighted by molar-refractivity contribution is 6.20. The van der Waals surface area contributed by atoms with Gasteiger partial charge in [-0.15, -0.1) is 11.6 Å². The molecule has 0 unspecified atom stereocenters. The summed E-state index contributed by atoms with van der Waals surface area (Å²) in [6.45, 7) is 8.74. The van der Waals surface area contributed by atoms with Gasteiger partial charge in [-0.25, -0.2) is 0 Å². The van der Waals surface area contributed by atoms with Crippen molar-refractivity contribution in [3.05, 3.63) is 34.4 Å². The Labute approximate surface area is 122 Å². The van der Waals surface area contributed by atoms with E-state index in [2.05, 4.69) is 38.2 Å². The average Bonchev–Trinajstić information content (AvgIpc) is 2.34. The molecule has 1 aliphatic carbocycles. The molecule has 2 heteroatoms. The lowest BCUT2D eigenvalue weighted by molar-refractivity contribution is 0.345. The second kappa shape index (κ2) is 6.76. The quantitative estimate of drug-likeness (QED) is 0.800. The highest BCUT2D eigenvalue weighted by Crippen LogP contribution is 2.27. The van der Waals surface area contributed by atoms with E-state index in [-0.39, 0.29) is 0 Å². The second-order valence-electron chi connectivity index (χ2n) is 6.13. The normalized spacial score (nSPS) is 23.6. The molecule has 1 fully saturated rings. The standard InChI is InChI=1S/C17H26ClN/c1-12-8-13(2)17(14(3)9-12)11-19-10-15-4-6-16(18)7-5-15/h8-9,15-16,19H,4-7,10-11H2,1-3H3. The summed E-state index contributed by atoms with van der Waals surface area (Å²) >= 11 is 6.15. The Bertz CT molecular complexity index is 396. The first-order valence-electron chi connectivity index (χ1n) is 7.47. The molecule has 0 atom stereocenters. The summed E-state index contributed by atoms with van der Waals surface area (Å²) in [6, 6.07) is 4.56. The molecule has 1 aromatic carbocycles. The summed E-state index contributed by atoms with van der Waals surface area (Å²) in [5.74, 6) is 0.820. The van der Waals surface area contributed by atoms with Gasteiger partial charge in [-0.2, -0.15) is 0 Å². The van der Waals surface area contributed by atoms with Crippen molar-refractivity contribution in [3.63, 3.8) is 0 Å². The Morgan fingerprint density at radius 1 is 1.05 bits per heavy atom. The maximum absolute atomic E-state index is 6.15. The molecule has 0 heterocycles. The number of nitrogens with one attached hydrogen (secondary N) is 1. The van der Waals surface area contributed by atoms with Gasteiger partial charge < -0.3 is 5.32 Å². The molecule has 0 amide bonds. The van der Waals surface area contributed by atoms with Crippen LogP contribution in [0.15, 0.2) is 12.1 Å². The van der Waals surface area contributed by atoms with Crippen molar-refractivity contribution >= 4 is 11.6 Å². The van der Waals surface area contributed by atoms with E-state index in [0.29, 0.717) is 5.38 Å². The molecular weight excluding hydrogens is 254 g/mol. The van der Waals surface area contributed by atoms with Crippen molar-refractivity contribution < 1.29 is 0 Å². The van der Waals surface area contributed by atoms with E-state index < -0.39 is 0 Å². The topological polar surface area (TPSA) is 12.0 Å². The molecule has 0 bridgehead atoms. The van der Waals surface area contributed by atoms with Crippen molar-refractivity contribution in [1.82, 2.24) is 5.32 Å². The van der Waals surface area contributed by atoms with Crippen LogP contribution in [0.2, 0.25) is 0 Å². The van der Waals surface area contributed by atoms with Crippen LogP contribution in [-0.2, 0) is 6.54 Å². The van der Waals surface area contributed by atoms with Crippen molar-refractivity contribution in [1.29, 1.82) is 0 Å². The number of rotatable bonds is 4. The van der Waals surface area contributed by atoms with Crippen LogP contribution in [0, 0.1) is 26.7 Å². The third-order valence-electron chi connectivity index (χ3n) is 4.35. The van der Waals surface area contributed by atoms with Crippen LogP contribution >= 0.6 is 11.6 Å². The van der Waals surface area contributed by atoms with Crippen molar-refractivity contribution in [2.75, 3.05) is 6.54 Å². The summed E-state index contributed by atoms with van der Waals surface area (Å²) in [7, 11) is 0. The summed E-state index contributed by atoms with van der Waals surface area (Å²) < 4.78 is 0. The van der Waals surface area contributed by atoms with Gasteiger partial charge in [-0.3, -0.25) is 0 Å². The van der Waals surface area contributed by atoms with Gasteiger partial charge in [-0.05, 0) is 75.6 Å². The van der Waals surface area contributed by atoms with Crippen LogP contribution in [-0.4, -0.2) is 11.9 Å². The second-order valence-corrected chi connectivity index (χ2v) is 6.74. The number of alkyl halides is 1. The smallest absolute Gasteiger partial charge is 0.0336 e. The van der Waals surface area contributed by atoms with E-state index in [0.717, 1.165) is 19.0 Å². The highest BCUT2D eigenvalue weighted by Gasteiger charge is 2.19. The van der Waals surface area contributed by atoms with Crippen LogP contribution in [0.1, 0.15) is 47.9 Å². The fourth-order valence-electron chi connectivity index (χ4n) is 3.22. The Morgan fingerprint density at radius 2 is 1.63 bits per heavy atom. The number of benzene rings is 1. The first-order chi connectivity index (χ1) is 9.06. The number of hydrogen-bond acceptors (Lipinski definition) is 1. The molecule has 0 spiro atoms. The summed E-state index contributed by atoms with van der Waals surface area (Å²) in [4.78, 5) is 0. The average molecular weight is 280 g/mol. The molecule has 1 nitrogen and oxygen atoms in total.